The number of benzene rings is 1. The van der Waals surface area contributed by atoms with Crippen molar-refractivity contribution in [2.75, 3.05) is 13.2 Å². The number of hydrogen-bond donors (Lipinski definition) is 1. The van der Waals surface area contributed by atoms with E-state index in [-0.39, 0.29) is 17.3 Å². The molecule has 0 heterocycles. The summed E-state index contributed by atoms with van der Waals surface area (Å²) in [6.07, 6.45) is 3.41. The fourth-order valence-corrected chi connectivity index (χ4v) is 4.45. The van der Waals surface area contributed by atoms with Gasteiger partial charge in [-0.05, 0) is 31.2 Å². The molecule has 0 atom stereocenters. The van der Waals surface area contributed by atoms with Crippen LogP contribution in [0.15, 0.2) is 30.3 Å². The van der Waals surface area contributed by atoms with Gasteiger partial charge in [-0.25, -0.2) is 8.42 Å². The van der Waals surface area contributed by atoms with Crippen molar-refractivity contribution in [1.29, 1.82) is 0 Å². The maximum Gasteiger partial charge on any atom is 0.217 e. The van der Waals surface area contributed by atoms with E-state index >= 15 is 0 Å². The topological polar surface area (TPSA) is 57.6 Å². The first kappa shape index (κ1) is 14.0. The normalized spacial score (nSPS) is 21.1. The van der Waals surface area contributed by atoms with Crippen molar-refractivity contribution in [2.24, 2.45) is 5.41 Å². The van der Waals surface area contributed by atoms with Gasteiger partial charge in [-0.3, -0.25) is 0 Å². The quantitative estimate of drug-likeness (QED) is 0.834. The number of rotatable bonds is 7. The van der Waals surface area contributed by atoms with Crippen LogP contribution in [0.3, 0.4) is 0 Å². The smallest absolute Gasteiger partial charge is 0.217 e. The van der Waals surface area contributed by atoms with Crippen LogP contribution in [0, 0.1) is 5.41 Å². The van der Waals surface area contributed by atoms with Crippen LogP contribution in [0.2, 0.25) is 0 Å². The standard InChI is InChI=1S/C15H21NO3S/c17-12-15(8-9-15)11-16(20(18,19)14-6-7-14)10-13-4-2-1-3-5-13/h1-5,14,17H,6-12H2. The van der Waals surface area contributed by atoms with Crippen molar-refractivity contribution in [3.63, 3.8) is 0 Å². The van der Waals surface area contributed by atoms with E-state index in [0.717, 1.165) is 31.2 Å². The molecule has 0 amide bonds. The molecule has 0 aromatic heterocycles. The van der Waals surface area contributed by atoms with E-state index in [4.69, 9.17) is 0 Å². The van der Waals surface area contributed by atoms with Crippen LogP contribution in [0.25, 0.3) is 0 Å². The summed E-state index contributed by atoms with van der Waals surface area (Å²) in [5.74, 6) is 0. The molecule has 1 aromatic rings. The van der Waals surface area contributed by atoms with Gasteiger partial charge >= 0.3 is 0 Å². The Bertz CT molecular complexity index is 562. The zero-order chi connectivity index (χ0) is 14.2. The van der Waals surface area contributed by atoms with Crippen LogP contribution in [0.5, 0.6) is 0 Å². The van der Waals surface area contributed by atoms with Gasteiger partial charge < -0.3 is 5.11 Å². The van der Waals surface area contributed by atoms with Crippen LogP contribution in [0.4, 0.5) is 0 Å². The second kappa shape index (κ2) is 5.13. The minimum atomic E-state index is -3.21. The third kappa shape index (κ3) is 2.90. The van der Waals surface area contributed by atoms with E-state index in [2.05, 4.69) is 0 Å². The zero-order valence-corrected chi connectivity index (χ0v) is 12.3. The molecule has 2 aliphatic rings. The van der Waals surface area contributed by atoms with Gasteiger partial charge in [0, 0.05) is 25.1 Å². The van der Waals surface area contributed by atoms with Crippen LogP contribution in [-0.4, -0.2) is 36.2 Å². The van der Waals surface area contributed by atoms with Gasteiger partial charge in [0.1, 0.15) is 0 Å². The Morgan fingerprint density at radius 3 is 2.35 bits per heavy atom. The largest absolute Gasteiger partial charge is 0.396 e. The predicted molar refractivity (Wildman–Crippen MR) is 77.5 cm³/mol. The van der Waals surface area contributed by atoms with Gasteiger partial charge in [0.2, 0.25) is 10.0 Å². The van der Waals surface area contributed by atoms with Crippen LogP contribution < -0.4 is 0 Å². The van der Waals surface area contributed by atoms with Crippen molar-refractivity contribution >= 4 is 10.0 Å². The predicted octanol–water partition coefficient (Wildman–Crippen LogP) is 1.75. The fourth-order valence-electron chi connectivity index (χ4n) is 2.52. The average Bonchev–Trinajstić information content (AvgIpc) is 3.33. The first-order valence-corrected chi connectivity index (χ1v) is 8.70. The molecule has 0 aliphatic heterocycles. The highest BCUT2D eigenvalue weighted by Crippen LogP contribution is 2.47. The van der Waals surface area contributed by atoms with Crippen LogP contribution in [0.1, 0.15) is 31.2 Å². The van der Waals surface area contributed by atoms with E-state index in [9.17, 15) is 13.5 Å². The van der Waals surface area contributed by atoms with Gasteiger partial charge in [0.05, 0.1) is 5.25 Å². The van der Waals surface area contributed by atoms with Crippen LogP contribution >= 0.6 is 0 Å². The minimum absolute atomic E-state index is 0.0818. The Morgan fingerprint density at radius 2 is 1.85 bits per heavy atom. The number of sulfonamides is 1. The summed E-state index contributed by atoms with van der Waals surface area (Å²) in [6.45, 7) is 0.955. The maximum atomic E-state index is 12.6. The molecule has 2 aliphatic carbocycles. The number of hydrogen-bond acceptors (Lipinski definition) is 3. The monoisotopic (exact) mass is 295 g/mol. The molecule has 0 unspecified atom stereocenters. The molecule has 110 valence electrons. The first-order valence-electron chi connectivity index (χ1n) is 7.20. The molecule has 1 N–H and O–H groups in total. The second-order valence-electron chi connectivity index (χ2n) is 6.16. The molecular weight excluding hydrogens is 274 g/mol. The molecule has 20 heavy (non-hydrogen) atoms. The van der Waals surface area contributed by atoms with E-state index in [1.165, 1.54) is 0 Å². The first-order chi connectivity index (χ1) is 9.56. The third-order valence-electron chi connectivity index (χ3n) is 4.31. The molecule has 0 spiro atoms. The Balaban J connectivity index is 1.80. The Labute approximate surface area is 120 Å². The summed E-state index contributed by atoms with van der Waals surface area (Å²) in [7, 11) is -3.21. The van der Waals surface area contributed by atoms with Crippen molar-refractivity contribution in [3.8, 4) is 0 Å². The Hall–Kier alpha value is -0.910. The van der Waals surface area contributed by atoms with Gasteiger partial charge in [-0.1, -0.05) is 30.3 Å². The lowest BCUT2D eigenvalue weighted by Crippen LogP contribution is -2.38. The van der Waals surface area contributed by atoms with Gasteiger partial charge in [-0.15, -0.1) is 0 Å². The summed E-state index contributed by atoms with van der Waals surface area (Å²) in [6, 6.07) is 9.69. The van der Waals surface area contributed by atoms with Crippen molar-refractivity contribution in [3.05, 3.63) is 35.9 Å². The molecule has 3 rings (SSSR count). The molecule has 5 heteroatoms. The molecule has 2 fully saturated rings. The average molecular weight is 295 g/mol. The van der Waals surface area contributed by atoms with E-state index in [1.54, 1.807) is 4.31 Å². The van der Waals surface area contributed by atoms with E-state index < -0.39 is 10.0 Å². The van der Waals surface area contributed by atoms with Crippen molar-refractivity contribution < 1.29 is 13.5 Å². The molecule has 2 saturated carbocycles. The summed E-state index contributed by atoms with van der Waals surface area (Å²) in [5.41, 5.74) is 0.821. The second-order valence-corrected chi connectivity index (χ2v) is 8.37. The summed E-state index contributed by atoms with van der Waals surface area (Å²) >= 11 is 0. The number of nitrogens with zero attached hydrogens (tertiary/aromatic N) is 1. The highest BCUT2D eigenvalue weighted by Gasteiger charge is 2.48. The summed E-state index contributed by atoms with van der Waals surface area (Å²) in [5, 5.41) is 9.28. The zero-order valence-electron chi connectivity index (χ0n) is 11.5. The fraction of sp³-hybridized carbons (Fsp3) is 0.600. The highest BCUT2D eigenvalue weighted by atomic mass is 32.2. The summed E-state index contributed by atoms with van der Waals surface area (Å²) in [4.78, 5) is 0. The Morgan fingerprint density at radius 1 is 1.20 bits per heavy atom. The third-order valence-corrected chi connectivity index (χ3v) is 6.60. The molecular formula is C15H21NO3S. The number of aliphatic hydroxyl groups is 1. The van der Waals surface area contributed by atoms with E-state index in [0.29, 0.717) is 13.1 Å². The number of aliphatic hydroxyl groups excluding tert-OH is 1. The lowest BCUT2D eigenvalue weighted by atomic mass is 10.1. The van der Waals surface area contributed by atoms with Crippen molar-refractivity contribution in [2.45, 2.75) is 37.5 Å². The maximum absolute atomic E-state index is 12.6. The van der Waals surface area contributed by atoms with E-state index in [1.807, 2.05) is 30.3 Å². The molecule has 0 bridgehead atoms. The SMILES string of the molecule is O=S(=O)(C1CC1)N(Cc1ccccc1)CC1(CO)CC1. The molecule has 4 nitrogen and oxygen atoms in total. The lowest BCUT2D eigenvalue weighted by Gasteiger charge is -2.26. The van der Waals surface area contributed by atoms with Gasteiger partial charge in [0.25, 0.3) is 0 Å². The molecule has 1 aromatic carbocycles. The lowest BCUT2D eigenvalue weighted by molar-refractivity contribution is 0.183. The molecule has 0 radical (unpaired) electrons. The van der Waals surface area contributed by atoms with Crippen molar-refractivity contribution in [1.82, 2.24) is 4.31 Å². The highest BCUT2D eigenvalue weighted by molar-refractivity contribution is 7.90. The van der Waals surface area contributed by atoms with Gasteiger partial charge in [0.15, 0.2) is 0 Å². The minimum Gasteiger partial charge on any atom is -0.396 e. The molecule has 0 saturated heterocycles. The van der Waals surface area contributed by atoms with Gasteiger partial charge in [-0.2, -0.15) is 4.31 Å². The summed E-state index contributed by atoms with van der Waals surface area (Å²) < 4.78 is 26.7. The Kier molecular flexibility index (Phi) is 3.60. The van der Waals surface area contributed by atoms with Crippen LogP contribution in [-0.2, 0) is 16.6 Å².